The zero-order valence-corrected chi connectivity index (χ0v) is 27.3. The summed E-state index contributed by atoms with van der Waals surface area (Å²) in [5.74, 6) is 0.694. The molecule has 0 radical (unpaired) electrons. The molecule has 1 aliphatic rings. The lowest BCUT2D eigenvalue weighted by molar-refractivity contribution is 1.00. The van der Waals surface area contributed by atoms with E-state index in [0.717, 1.165) is 63.3 Å². The first-order valence-corrected chi connectivity index (χ1v) is 16.9. The molecule has 1 aliphatic carbocycles. The Kier molecular flexibility index (Phi) is 7.17. The highest BCUT2D eigenvalue weighted by molar-refractivity contribution is 6.13. The van der Waals surface area contributed by atoms with E-state index in [9.17, 15) is 0 Å². The summed E-state index contributed by atoms with van der Waals surface area (Å²) in [5, 5.41) is 5.26. The van der Waals surface area contributed by atoms with Crippen molar-refractivity contribution in [1.29, 1.82) is 0 Å². The number of pyridine rings is 1. The van der Waals surface area contributed by atoms with Crippen molar-refractivity contribution in [2.45, 2.75) is 19.8 Å². The van der Waals surface area contributed by atoms with Crippen LogP contribution < -0.4 is 0 Å². The first-order chi connectivity index (χ1) is 24.2. The predicted octanol–water partition coefficient (Wildman–Crippen LogP) is 11.8. The van der Waals surface area contributed by atoms with Crippen LogP contribution in [0.25, 0.3) is 83.8 Å². The lowest BCUT2D eigenvalue weighted by atomic mass is 9.85. The fourth-order valence-electron chi connectivity index (χ4n) is 7.32. The maximum atomic E-state index is 5.20. The molecule has 3 heteroatoms. The fourth-order valence-corrected chi connectivity index (χ4v) is 7.32. The molecule has 0 spiro atoms. The summed E-state index contributed by atoms with van der Waals surface area (Å²) < 4.78 is 0. The molecule has 0 N–H and O–H groups in total. The second-order valence-electron chi connectivity index (χ2n) is 12.8. The molecule has 0 saturated carbocycles. The minimum atomic E-state index is 0.694. The maximum absolute atomic E-state index is 5.20. The third-order valence-corrected chi connectivity index (χ3v) is 9.73. The molecule has 9 rings (SSSR count). The molecule has 0 fully saturated rings. The number of fused-ring (bicyclic) bond motifs is 6. The molecule has 49 heavy (non-hydrogen) atoms. The van der Waals surface area contributed by atoms with E-state index in [1.807, 2.05) is 24.4 Å². The summed E-state index contributed by atoms with van der Waals surface area (Å²) in [6, 6.07) is 49.5. The number of aryl methyl sites for hydroxylation is 2. The van der Waals surface area contributed by atoms with Crippen LogP contribution in [0.4, 0.5) is 0 Å². The summed E-state index contributed by atoms with van der Waals surface area (Å²) >= 11 is 0. The zero-order valence-electron chi connectivity index (χ0n) is 27.3. The van der Waals surface area contributed by atoms with Crippen molar-refractivity contribution in [3.63, 3.8) is 0 Å². The summed E-state index contributed by atoms with van der Waals surface area (Å²) in [6.45, 7) is 2.07. The van der Waals surface area contributed by atoms with Crippen LogP contribution in [0.1, 0.15) is 23.2 Å². The number of benzene rings is 6. The summed E-state index contributed by atoms with van der Waals surface area (Å²) in [6.07, 6.45) is 8.58. The molecular formula is C46H33N3. The van der Waals surface area contributed by atoms with Crippen molar-refractivity contribution in [2.24, 2.45) is 0 Å². The van der Waals surface area contributed by atoms with Gasteiger partial charge in [-0.05, 0) is 106 Å². The first kappa shape index (κ1) is 29.0. The van der Waals surface area contributed by atoms with Gasteiger partial charge in [0.25, 0.3) is 0 Å². The quantitative estimate of drug-likeness (QED) is 0.178. The molecule has 8 aromatic rings. The summed E-state index contributed by atoms with van der Waals surface area (Å²) in [7, 11) is 0. The van der Waals surface area contributed by atoms with Gasteiger partial charge < -0.3 is 0 Å². The van der Waals surface area contributed by atoms with Crippen LogP contribution in [0.15, 0.2) is 152 Å². The third-order valence-electron chi connectivity index (χ3n) is 9.73. The smallest absolute Gasteiger partial charge is 0.160 e. The molecule has 2 heterocycles. The molecule has 3 nitrogen and oxygen atoms in total. The zero-order chi connectivity index (χ0) is 32.7. The van der Waals surface area contributed by atoms with Crippen molar-refractivity contribution in [3.8, 4) is 56.2 Å². The van der Waals surface area contributed by atoms with E-state index in [-0.39, 0.29) is 0 Å². The highest BCUT2D eigenvalue weighted by atomic mass is 14.9. The predicted molar refractivity (Wildman–Crippen MR) is 204 cm³/mol. The van der Waals surface area contributed by atoms with Crippen LogP contribution in [0.5, 0.6) is 0 Å². The van der Waals surface area contributed by atoms with Crippen molar-refractivity contribution in [2.75, 3.05) is 0 Å². The number of aromatic nitrogens is 3. The normalized spacial score (nSPS) is 12.3. The van der Waals surface area contributed by atoms with E-state index >= 15 is 0 Å². The maximum Gasteiger partial charge on any atom is 0.160 e. The van der Waals surface area contributed by atoms with E-state index in [1.165, 1.54) is 38.2 Å². The molecular weight excluding hydrogens is 595 g/mol. The van der Waals surface area contributed by atoms with Gasteiger partial charge in [0.15, 0.2) is 5.82 Å². The monoisotopic (exact) mass is 627 g/mol. The van der Waals surface area contributed by atoms with Crippen LogP contribution >= 0.6 is 0 Å². The van der Waals surface area contributed by atoms with E-state index in [4.69, 9.17) is 9.97 Å². The Hall–Kier alpha value is -6.19. The van der Waals surface area contributed by atoms with Crippen LogP contribution in [0.3, 0.4) is 0 Å². The van der Waals surface area contributed by atoms with Gasteiger partial charge in [-0.2, -0.15) is 0 Å². The van der Waals surface area contributed by atoms with Crippen LogP contribution in [-0.4, -0.2) is 15.0 Å². The van der Waals surface area contributed by atoms with Gasteiger partial charge in [0.2, 0.25) is 0 Å². The Balaban J connectivity index is 1.29. The van der Waals surface area contributed by atoms with Crippen LogP contribution in [0.2, 0.25) is 0 Å². The summed E-state index contributed by atoms with van der Waals surface area (Å²) in [4.78, 5) is 15.0. The van der Waals surface area contributed by atoms with Gasteiger partial charge in [-0.25, -0.2) is 9.97 Å². The molecule has 232 valence electrons. The van der Waals surface area contributed by atoms with Gasteiger partial charge in [-0.15, -0.1) is 0 Å². The SMILES string of the molecule is Cc1ncccc1-c1cc(-c2ccc3c(c2)c2c(c4ccccc43)C=CCC2)cc(-c2nc(-c3ccccc3)cc(-c3ccccc3)n2)c1. The van der Waals surface area contributed by atoms with Crippen molar-refractivity contribution in [3.05, 3.63) is 169 Å². The fraction of sp³-hybridized carbons (Fsp3) is 0.0652. The van der Waals surface area contributed by atoms with Gasteiger partial charge in [0, 0.05) is 34.1 Å². The largest absolute Gasteiger partial charge is 0.261 e. The molecule has 0 aliphatic heterocycles. The minimum Gasteiger partial charge on any atom is -0.261 e. The van der Waals surface area contributed by atoms with E-state index in [1.54, 1.807) is 0 Å². The molecule has 0 amide bonds. The second kappa shape index (κ2) is 12.1. The van der Waals surface area contributed by atoms with Crippen LogP contribution in [-0.2, 0) is 6.42 Å². The van der Waals surface area contributed by atoms with Gasteiger partial charge in [0.05, 0.1) is 11.4 Å². The Morgan fingerprint density at radius 1 is 0.490 bits per heavy atom. The standard InChI is InChI=1S/C46H33N3/c1-30-37(21-12-24-47-30)35-25-34(33-22-23-42-40-19-9-8-17-38(40)39-18-10-11-20-41(39)43(42)28-33)26-36(27-35)46-48-44(31-13-4-2-5-14-31)29-45(49-46)32-15-6-3-7-16-32/h2-10,12-19,21-29H,11,20H2,1H3. The number of rotatable bonds is 5. The lowest BCUT2D eigenvalue weighted by Gasteiger charge is -2.19. The third kappa shape index (κ3) is 5.30. The van der Waals surface area contributed by atoms with Crippen molar-refractivity contribution < 1.29 is 0 Å². The number of hydrogen-bond donors (Lipinski definition) is 0. The molecule has 0 unspecified atom stereocenters. The van der Waals surface area contributed by atoms with Crippen molar-refractivity contribution in [1.82, 2.24) is 15.0 Å². The molecule has 2 aromatic heterocycles. The molecule has 0 atom stereocenters. The Bertz CT molecular complexity index is 2490. The number of nitrogens with zero attached hydrogens (tertiary/aromatic N) is 3. The Morgan fingerprint density at radius 3 is 1.88 bits per heavy atom. The molecule has 6 aromatic carbocycles. The topological polar surface area (TPSA) is 38.7 Å². The van der Waals surface area contributed by atoms with Gasteiger partial charge in [0.1, 0.15) is 0 Å². The second-order valence-corrected chi connectivity index (χ2v) is 12.8. The average molecular weight is 628 g/mol. The van der Waals surface area contributed by atoms with E-state index in [0.29, 0.717) is 5.82 Å². The highest BCUT2D eigenvalue weighted by Gasteiger charge is 2.18. The number of hydrogen-bond acceptors (Lipinski definition) is 3. The average Bonchev–Trinajstić information content (AvgIpc) is 3.18. The van der Waals surface area contributed by atoms with Crippen molar-refractivity contribution >= 4 is 27.6 Å². The summed E-state index contributed by atoms with van der Waals surface area (Å²) in [5.41, 5.74) is 13.1. The van der Waals surface area contributed by atoms with E-state index in [2.05, 4.69) is 145 Å². The first-order valence-electron chi connectivity index (χ1n) is 16.9. The highest BCUT2D eigenvalue weighted by Crippen LogP contribution is 2.40. The number of allylic oxidation sites excluding steroid dienone is 1. The lowest BCUT2D eigenvalue weighted by Crippen LogP contribution is -1.98. The van der Waals surface area contributed by atoms with Gasteiger partial charge >= 0.3 is 0 Å². The van der Waals surface area contributed by atoms with Gasteiger partial charge in [-0.1, -0.05) is 115 Å². The Morgan fingerprint density at radius 2 is 1.14 bits per heavy atom. The Labute approximate surface area is 286 Å². The molecule has 0 bridgehead atoms. The van der Waals surface area contributed by atoms with Crippen LogP contribution in [0, 0.1) is 6.92 Å². The van der Waals surface area contributed by atoms with Gasteiger partial charge in [-0.3, -0.25) is 4.98 Å². The minimum absolute atomic E-state index is 0.694. The van der Waals surface area contributed by atoms with E-state index < -0.39 is 0 Å². The molecule has 0 saturated heterocycles.